The lowest BCUT2D eigenvalue weighted by molar-refractivity contribution is -0.151. The topological polar surface area (TPSA) is 37.3 Å². The van der Waals surface area contributed by atoms with Gasteiger partial charge in [0.15, 0.2) is 0 Å². The predicted octanol–water partition coefficient (Wildman–Crippen LogP) is 1.40. The van der Waals surface area contributed by atoms with E-state index < -0.39 is 24.2 Å². The van der Waals surface area contributed by atoms with Gasteiger partial charge in [0.25, 0.3) is 0 Å². The molecule has 0 heterocycles. The van der Waals surface area contributed by atoms with Gasteiger partial charge in [-0.3, -0.25) is 4.79 Å². The van der Waals surface area contributed by atoms with Gasteiger partial charge in [0.05, 0.1) is 5.41 Å². The molecule has 0 radical (unpaired) electrons. The molecule has 60 valence electrons. The number of carbonyl (C=O) groups is 1. The molecule has 2 nitrogen and oxygen atoms in total. The minimum absolute atomic E-state index is 1.15. The normalized spacial score (nSPS) is 14.8. The monoisotopic (exact) mass is 152 g/mol. The van der Waals surface area contributed by atoms with E-state index in [9.17, 15) is 13.6 Å². The zero-order chi connectivity index (χ0) is 8.36. The maximum atomic E-state index is 12.4. The summed E-state index contributed by atoms with van der Waals surface area (Å²) in [6.07, 6.45) is -1.93. The number of halogens is 2. The minimum atomic E-state index is -1.93. The molecule has 0 saturated heterocycles. The highest BCUT2D eigenvalue weighted by Crippen LogP contribution is 2.23. The van der Waals surface area contributed by atoms with Crippen molar-refractivity contribution in [1.29, 1.82) is 0 Å². The van der Waals surface area contributed by atoms with E-state index in [0.717, 1.165) is 13.8 Å². The van der Waals surface area contributed by atoms with Crippen LogP contribution in [0.5, 0.6) is 0 Å². The van der Waals surface area contributed by atoms with Gasteiger partial charge < -0.3 is 5.11 Å². The van der Waals surface area contributed by atoms with Crippen molar-refractivity contribution >= 4 is 5.97 Å². The Kier molecular flexibility index (Phi) is 2.75. The Morgan fingerprint density at radius 1 is 1.70 bits per heavy atom. The molecular formula is C6H10F2O2. The van der Waals surface area contributed by atoms with Gasteiger partial charge in [-0.15, -0.1) is 0 Å². The molecule has 0 aliphatic heterocycles. The third kappa shape index (κ3) is 1.65. The highest BCUT2D eigenvalue weighted by Gasteiger charge is 2.37. The first-order valence-electron chi connectivity index (χ1n) is 2.86. The number of carboxylic acid groups (broad SMARTS) is 1. The van der Waals surface area contributed by atoms with Crippen molar-refractivity contribution in [3.8, 4) is 0 Å². The minimum Gasteiger partial charge on any atom is -0.481 e. The van der Waals surface area contributed by atoms with Crippen LogP contribution in [0.1, 0.15) is 13.8 Å². The van der Waals surface area contributed by atoms with E-state index in [-0.39, 0.29) is 0 Å². The summed E-state index contributed by atoms with van der Waals surface area (Å²) in [7, 11) is 0. The summed E-state index contributed by atoms with van der Waals surface area (Å²) in [6, 6.07) is 0. The first-order chi connectivity index (χ1) is 4.42. The molecule has 0 spiro atoms. The number of rotatable bonds is 3. The first-order valence-corrected chi connectivity index (χ1v) is 2.86. The van der Waals surface area contributed by atoms with E-state index in [1.165, 1.54) is 0 Å². The molecule has 1 atom stereocenters. The summed E-state index contributed by atoms with van der Waals surface area (Å²) >= 11 is 0. The highest BCUT2D eigenvalue weighted by molar-refractivity contribution is 5.74. The van der Waals surface area contributed by atoms with Crippen LogP contribution in [0, 0.1) is 5.41 Å². The molecule has 1 unspecified atom stereocenters. The third-order valence-corrected chi connectivity index (χ3v) is 1.47. The van der Waals surface area contributed by atoms with Gasteiger partial charge in [-0.25, -0.2) is 8.78 Å². The van der Waals surface area contributed by atoms with Crippen LogP contribution in [-0.2, 0) is 4.79 Å². The molecule has 0 amide bonds. The maximum absolute atomic E-state index is 12.4. The van der Waals surface area contributed by atoms with E-state index in [1.807, 2.05) is 0 Å². The van der Waals surface area contributed by atoms with E-state index in [4.69, 9.17) is 5.11 Å². The second-order valence-electron chi connectivity index (χ2n) is 2.65. The molecule has 10 heavy (non-hydrogen) atoms. The van der Waals surface area contributed by atoms with Crippen molar-refractivity contribution in [2.45, 2.75) is 20.0 Å². The Bertz CT molecular complexity index is 134. The molecule has 0 aromatic heterocycles. The van der Waals surface area contributed by atoms with Crippen LogP contribution in [0.2, 0.25) is 0 Å². The Balaban J connectivity index is 4.23. The molecule has 4 heteroatoms. The number of carboxylic acids is 1. The van der Waals surface area contributed by atoms with Crippen molar-refractivity contribution in [2.24, 2.45) is 5.41 Å². The van der Waals surface area contributed by atoms with Crippen LogP contribution in [0.15, 0.2) is 0 Å². The quantitative estimate of drug-likeness (QED) is 0.663. The van der Waals surface area contributed by atoms with Gasteiger partial charge in [-0.1, -0.05) is 0 Å². The van der Waals surface area contributed by atoms with Crippen molar-refractivity contribution in [1.82, 2.24) is 0 Å². The van der Waals surface area contributed by atoms with Crippen LogP contribution in [0.4, 0.5) is 8.78 Å². The zero-order valence-electron chi connectivity index (χ0n) is 5.90. The SMILES string of the molecule is CC(C)(C(=O)O)C(F)CF. The molecule has 0 aromatic rings. The van der Waals surface area contributed by atoms with E-state index in [1.54, 1.807) is 0 Å². The summed E-state index contributed by atoms with van der Waals surface area (Å²) < 4.78 is 24.0. The summed E-state index contributed by atoms with van der Waals surface area (Å²) in [5.74, 6) is -1.32. The first kappa shape index (κ1) is 9.33. The van der Waals surface area contributed by atoms with Crippen LogP contribution in [0.25, 0.3) is 0 Å². The molecule has 0 saturated carbocycles. The lowest BCUT2D eigenvalue weighted by Crippen LogP contribution is -2.35. The number of hydrogen-bond donors (Lipinski definition) is 1. The number of hydrogen-bond acceptors (Lipinski definition) is 1. The third-order valence-electron chi connectivity index (χ3n) is 1.47. The van der Waals surface area contributed by atoms with Gasteiger partial charge in [0, 0.05) is 0 Å². The largest absolute Gasteiger partial charge is 0.481 e. The highest BCUT2D eigenvalue weighted by atomic mass is 19.2. The molecule has 1 N–H and O–H groups in total. The number of alkyl halides is 2. The second-order valence-corrected chi connectivity index (χ2v) is 2.65. The fraction of sp³-hybridized carbons (Fsp3) is 0.833. The molecule has 0 fully saturated rings. The number of aliphatic carboxylic acids is 1. The Morgan fingerprint density at radius 2 is 2.10 bits per heavy atom. The fourth-order valence-electron chi connectivity index (χ4n) is 0.327. The summed E-state index contributed by atoms with van der Waals surface area (Å²) in [4.78, 5) is 10.2. The zero-order valence-corrected chi connectivity index (χ0v) is 5.90. The Hall–Kier alpha value is -0.670. The molecule has 0 rings (SSSR count). The summed E-state index contributed by atoms with van der Waals surface area (Å²) in [6.45, 7) is 1.05. The average molecular weight is 152 g/mol. The van der Waals surface area contributed by atoms with Crippen LogP contribution in [0.3, 0.4) is 0 Å². The van der Waals surface area contributed by atoms with Gasteiger partial charge in [-0.05, 0) is 13.8 Å². The average Bonchev–Trinajstić information content (AvgIpc) is 1.86. The van der Waals surface area contributed by atoms with E-state index in [0.29, 0.717) is 0 Å². The molecular weight excluding hydrogens is 142 g/mol. The molecule has 0 bridgehead atoms. The van der Waals surface area contributed by atoms with E-state index in [2.05, 4.69) is 0 Å². The smallest absolute Gasteiger partial charge is 0.312 e. The molecule has 0 aromatic carbocycles. The van der Waals surface area contributed by atoms with Gasteiger partial charge in [0.2, 0.25) is 0 Å². The van der Waals surface area contributed by atoms with Crippen LogP contribution >= 0.6 is 0 Å². The molecule has 0 aliphatic rings. The summed E-state index contributed by atoms with van der Waals surface area (Å²) in [5, 5.41) is 8.34. The van der Waals surface area contributed by atoms with Crippen molar-refractivity contribution in [3.05, 3.63) is 0 Å². The predicted molar refractivity (Wildman–Crippen MR) is 32.3 cm³/mol. The van der Waals surface area contributed by atoms with Gasteiger partial charge in [0.1, 0.15) is 12.8 Å². The van der Waals surface area contributed by atoms with Crippen LogP contribution < -0.4 is 0 Å². The molecule has 0 aliphatic carbocycles. The second kappa shape index (κ2) is 2.94. The standard InChI is InChI=1S/C6H10F2O2/c1-6(2,5(9)10)4(8)3-7/h4H,3H2,1-2H3,(H,9,10). The Labute approximate surface area is 57.9 Å². The lowest BCUT2D eigenvalue weighted by Gasteiger charge is -2.20. The van der Waals surface area contributed by atoms with Gasteiger partial charge >= 0.3 is 5.97 Å². The van der Waals surface area contributed by atoms with Crippen LogP contribution in [-0.4, -0.2) is 23.9 Å². The van der Waals surface area contributed by atoms with Gasteiger partial charge in [-0.2, -0.15) is 0 Å². The van der Waals surface area contributed by atoms with Crippen molar-refractivity contribution < 1.29 is 18.7 Å². The van der Waals surface area contributed by atoms with Crippen molar-refractivity contribution in [2.75, 3.05) is 6.67 Å². The van der Waals surface area contributed by atoms with Crippen molar-refractivity contribution in [3.63, 3.8) is 0 Å². The fourth-order valence-corrected chi connectivity index (χ4v) is 0.327. The van der Waals surface area contributed by atoms with E-state index >= 15 is 0 Å². The Morgan fingerprint density at radius 3 is 2.20 bits per heavy atom. The summed E-state index contributed by atoms with van der Waals surface area (Å²) in [5.41, 5.74) is -1.62. The lowest BCUT2D eigenvalue weighted by atomic mass is 9.88. The maximum Gasteiger partial charge on any atom is 0.312 e.